The van der Waals surface area contributed by atoms with Gasteiger partial charge in [-0.3, -0.25) is 14.5 Å². The molecule has 0 aliphatic heterocycles. The predicted octanol–water partition coefficient (Wildman–Crippen LogP) is 3.66. The number of aromatic amines is 1. The van der Waals surface area contributed by atoms with Crippen molar-refractivity contribution in [3.63, 3.8) is 0 Å². The topological polar surface area (TPSA) is 75.6 Å². The summed E-state index contributed by atoms with van der Waals surface area (Å²) in [5.41, 5.74) is 1.69. The molecule has 23 heavy (non-hydrogen) atoms. The van der Waals surface area contributed by atoms with Gasteiger partial charge >= 0.3 is 0 Å². The number of thiazole rings is 1. The molecule has 9 heteroatoms. The van der Waals surface area contributed by atoms with E-state index in [1.807, 2.05) is 24.4 Å². The van der Waals surface area contributed by atoms with Crippen LogP contribution in [0.15, 0.2) is 29.6 Å². The van der Waals surface area contributed by atoms with Crippen molar-refractivity contribution in [3.05, 3.63) is 45.1 Å². The van der Waals surface area contributed by atoms with Crippen molar-refractivity contribution in [1.82, 2.24) is 19.7 Å². The van der Waals surface area contributed by atoms with Crippen LogP contribution in [0.4, 0.5) is 5.13 Å². The lowest BCUT2D eigenvalue weighted by Crippen LogP contribution is -2.19. The summed E-state index contributed by atoms with van der Waals surface area (Å²) in [6, 6.07) is 7.17. The number of carbonyl (C=O) groups excluding carboxylic acids is 1. The van der Waals surface area contributed by atoms with Crippen LogP contribution in [0.3, 0.4) is 0 Å². The van der Waals surface area contributed by atoms with E-state index in [-0.39, 0.29) is 12.5 Å². The van der Waals surface area contributed by atoms with Gasteiger partial charge in [0.25, 0.3) is 0 Å². The van der Waals surface area contributed by atoms with Gasteiger partial charge in [0, 0.05) is 16.0 Å². The maximum atomic E-state index is 12.2. The molecule has 0 bridgehead atoms. The Morgan fingerprint density at radius 3 is 2.83 bits per heavy atom. The highest BCUT2D eigenvalue weighted by Gasteiger charge is 2.13. The molecule has 118 valence electrons. The Hall–Kier alpha value is -2.03. The van der Waals surface area contributed by atoms with E-state index >= 15 is 0 Å². The van der Waals surface area contributed by atoms with E-state index in [0.29, 0.717) is 20.7 Å². The highest BCUT2D eigenvalue weighted by atomic mass is 35.5. The van der Waals surface area contributed by atoms with Crippen LogP contribution < -0.4 is 5.32 Å². The standard InChI is InChI=1S/C14H12ClN5OS2/c1-8-7-23-13(16-8)17-11(21)6-20-12(18-19-14(20)22)9-2-4-10(15)5-3-9/h2-5,7H,6H2,1H3,(H,19,22)(H,16,17,21). The van der Waals surface area contributed by atoms with Crippen LogP contribution in [0.5, 0.6) is 0 Å². The van der Waals surface area contributed by atoms with E-state index in [1.54, 1.807) is 16.7 Å². The Morgan fingerprint density at radius 2 is 2.17 bits per heavy atom. The van der Waals surface area contributed by atoms with Crippen LogP contribution in [-0.4, -0.2) is 25.7 Å². The Morgan fingerprint density at radius 1 is 1.43 bits per heavy atom. The van der Waals surface area contributed by atoms with E-state index < -0.39 is 0 Å². The number of nitrogens with one attached hydrogen (secondary N) is 2. The lowest BCUT2D eigenvalue weighted by Gasteiger charge is -2.06. The minimum atomic E-state index is -0.216. The first kappa shape index (κ1) is 15.9. The fourth-order valence-corrected chi connectivity index (χ4v) is 3.02. The molecular formula is C14H12ClN5OS2. The fraction of sp³-hybridized carbons (Fsp3) is 0.143. The number of H-pyrrole nitrogens is 1. The summed E-state index contributed by atoms with van der Waals surface area (Å²) in [6.45, 7) is 1.92. The van der Waals surface area contributed by atoms with Crippen molar-refractivity contribution < 1.29 is 4.79 Å². The van der Waals surface area contributed by atoms with Crippen molar-refractivity contribution in [2.45, 2.75) is 13.5 Å². The number of aromatic nitrogens is 4. The molecule has 3 aromatic rings. The van der Waals surface area contributed by atoms with Crippen LogP contribution >= 0.6 is 35.2 Å². The van der Waals surface area contributed by atoms with Crippen LogP contribution in [-0.2, 0) is 11.3 Å². The molecule has 0 radical (unpaired) electrons. The van der Waals surface area contributed by atoms with Crippen molar-refractivity contribution in [2.24, 2.45) is 0 Å². The molecule has 2 heterocycles. The van der Waals surface area contributed by atoms with E-state index in [4.69, 9.17) is 23.8 Å². The van der Waals surface area contributed by atoms with Gasteiger partial charge in [0.2, 0.25) is 5.91 Å². The van der Waals surface area contributed by atoms with Gasteiger partial charge < -0.3 is 5.32 Å². The Bertz CT molecular complexity index is 897. The minimum absolute atomic E-state index is 0.0475. The number of rotatable bonds is 4. The van der Waals surface area contributed by atoms with Gasteiger partial charge in [-0.25, -0.2) is 4.98 Å². The number of hydrogen-bond donors (Lipinski definition) is 2. The maximum Gasteiger partial charge on any atom is 0.246 e. The first-order chi connectivity index (χ1) is 11.0. The Labute approximate surface area is 146 Å². The second-order valence-corrected chi connectivity index (χ2v) is 6.47. The molecule has 1 amide bonds. The molecule has 0 fully saturated rings. The summed E-state index contributed by atoms with van der Waals surface area (Å²) in [5.74, 6) is 0.365. The predicted molar refractivity (Wildman–Crippen MR) is 93.3 cm³/mol. The average Bonchev–Trinajstić information content (AvgIpc) is 3.07. The molecule has 0 saturated carbocycles. The van der Waals surface area contributed by atoms with Crippen LogP contribution in [0.25, 0.3) is 11.4 Å². The van der Waals surface area contributed by atoms with Gasteiger partial charge in [0.05, 0.1) is 5.69 Å². The van der Waals surface area contributed by atoms with E-state index in [2.05, 4.69) is 20.5 Å². The lowest BCUT2D eigenvalue weighted by atomic mass is 10.2. The molecule has 0 spiro atoms. The third-order valence-electron chi connectivity index (χ3n) is 3.03. The molecule has 6 nitrogen and oxygen atoms in total. The molecule has 0 atom stereocenters. The van der Waals surface area contributed by atoms with E-state index in [0.717, 1.165) is 11.3 Å². The SMILES string of the molecule is Cc1csc(NC(=O)Cn2c(-c3ccc(Cl)cc3)n[nH]c2=S)n1. The molecular weight excluding hydrogens is 354 g/mol. The second kappa shape index (κ2) is 6.61. The summed E-state index contributed by atoms with van der Waals surface area (Å²) >= 11 is 12.5. The number of anilines is 1. The molecule has 0 aliphatic rings. The summed E-state index contributed by atoms with van der Waals surface area (Å²) < 4.78 is 2.01. The summed E-state index contributed by atoms with van der Waals surface area (Å²) in [6.07, 6.45) is 0. The Balaban J connectivity index is 1.82. The van der Waals surface area contributed by atoms with Crippen LogP contribution in [0.1, 0.15) is 5.69 Å². The smallest absolute Gasteiger partial charge is 0.246 e. The zero-order valence-electron chi connectivity index (χ0n) is 12.0. The molecule has 2 N–H and O–H groups in total. The zero-order valence-corrected chi connectivity index (χ0v) is 14.4. The molecule has 0 unspecified atom stereocenters. The highest BCUT2D eigenvalue weighted by molar-refractivity contribution is 7.71. The number of amides is 1. The van der Waals surface area contributed by atoms with Gasteiger partial charge in [-0.15, -0.1) is 11.3 Å². The number of hydrogen-bond acceptors (Lipinski definition) is 5. The van der Waals surface area contributed by atoms with Crippen molar-refractivity contribution in [2.75, 3.05) is 5.32 Å². The highest BCUT2D eigenvalue weighted by Crippen LogP contribution is 2.20. The Kier molecular flexibility index (Phi) is 4.56. The van der Waals surface area contributed by atoms with Crippen LogP contribution in [0.2, 0.25) is 5.02 Å². The number of benzene rings is 1. The minimum Gasteiger partial charge on any atom is -0.300 e. The number of aryl methyl sites for hydroxylation is 1. The third kappa shape index (κ3) is 3.66. The molecule has 1 aromatic carbocycles. The monoisotopic (exact) mass is 365 g/mol. The number of nitrogens with zero attached hydrogens (tertiary/aromatic N) is 3. The van der Waals surface area contributed by atoms with Crippen molar-refractivity contribution in [3.8, 4) is 11.4 Å². The summed E-state index contributed by atoms with van der Waals surface area (Å²) in [4.78, 5) is 16.4. The van der Waals surface area contributed by atoms with Crippen molar-refractivity contribution in [1.29, 1.82) is 0 Å². The molecule has 3 rings (SSSR count). The van der Waals surface area contributed by atoms with Crippen molar-refractivity contribution >= 4 is 46.2 Å². The van der Waals surface area contributed by atoms with Gasteiger partial charge in [-0.2, -0.15) is 5.10 Å². The lowest BCUT2D eigenvalue weighted by molar-refractivity contribution is -0.116. The van der Waals surface area contributed by atoms with Crippen LogP contribution in [0, 0.1) is 11.7 Å². The fourth-order valence-electron chi connectivity index (χ4n) is 2.00. The van der Waals surface area contributed by atoms with Gasteiger partial charge in [0.15, 0.2) is 15.7 Å². The van der Waals surface area contributed by atoms with Gasteiger partial charge in [-0.05, 0) is 43.4 Å². The van der Waals surface area contributed by atoms with E-state index in [1.165, 1.54) is 11.3 Å². The van der Waals surface area contributed by atoms with E-state index in [9.17, 15) is 4.79 Å². The largest absolute Gasteiger partial charge is 0.300 e. The maximum absolute atomic E-state index is 12.2. The first-order valence-electron chi connectivity index (χ1n) is 6.66. The normalized spacial score (nSPS) is 10.7. The number of halogens is 1. The average molecular weight is 366 g/mol. The third-order valence-corrected chi connectivity index (χ3v) is 4.47. The molecule has 2 aromatic heterocycles. The zero-order chi connectivity index (χ0) is 16.4. The first-order valence-corrected chi connectivity index (χ1v) is 8.32. The quantitative estimate of drug-likeness (QED) is 0.692. The second-order valence-electron chi connectivity index (χ2n) is 4.79. The summed E-state index contributed by atoms with van der Waals surface area (Å²) in [7, 11) is 0. The molecule has 0 aliphatic carbocycles. The van der Waals surface area contributed by atoms with Gasteiger partial charge in [-0.1, -0.05) is 11.6 Å². The number of carbonyl (C=O) groups is 1. The summed E-state index contributed by atoms with van der Waals surface area (Å²) in [5, 5.41) is 12.7. The molecule has 0 saturated heterocycles. The van der Waals surface area contributed by atoms with Gasteiger partial charge in [0.1, 0.15) is 6.54 Å².